The van der Waals surface area contributed by atoms with Crippen molar-refractivity contribution >= 4 is 61.4 Å². The Balaban J connectivity index is 1.22. The van der Waals surface area contributed by atoms with E-state index < -0.39 is 0 Å². The van der Waals surface area contributed by atoms with Crippen LogP contribution >= 0.6 is 39.0 Å². The van der Waals surface area contributed by atoms with Crippen LogP contribution in [0.5, 0.6) is 0 Å². The quantitative estimate of drug-likeness (QED) is 0.281. The van der Waals surface area contributed by atoms with Gasteiger partial charge in [0.05, 0.1) is 5.03 Å². The van der Waals surface area contributed by atoms with Crippen molar-refractivity contribution in [3.05, 3.63) is 91.3 Å². The molecule has 2 bridgehead atoms. The molecule has 2 heterocycles. The fourth-order valence-electron chi connectivity index (χ4n) is 6.74. The lowest BCUT2D eigenvalue weighted by molar-refractivity contribution is -0.116. The van der Waals surface area contributed by atoms with E-state index in [4.69, 9.17) is 0 Å². The van der Waals surface area contributed by atoms with Crippen molar-refractivity contribution < 1.29 is 4.79 Å². The largest absolute Gasteiger partial charge is 0.325 e. The highest BCUT2D eigenvalue weighted by Crippen LogP contribution is 2.64. The van der Waals surface area contributed by atoms with Crippen LogP contribution in [0.4, 0.5) is 5.69 Å². The number of fused-ring (bicyclic) bond motifs is 7. The number of benzene rings is 3. The van der Waals surface area contributed by atoms with Crippen LogP contribution in [0, 0.1) is 17.8 Å². The number of nitrogens with one attached hydrogen (secondary N) is 1. The fourth-order valence-corrected chi connectivity index (χ4v) is 10.2. The average Bonchev–Trinajstić information content (AvgIpc) is 3.58. The Bertz CT molecular complexity index is 1540. The summed E-state index contributed by atoms with van der Waals surface area (Å²) < 4.78 is 2.80. The summed E-state index contributed by atoms with van der Waals surface area (Å²) in [7, 11) is 0. The number of carbonyl (C=O) groups excluding carboxylic acids is 1. The van der Waals surface area contributed by atoms with Gasteiger partial charge in [-0.05, 0) is 77.6 Å². The summed E-state index contributed by atoms with van der Waals surface area (Å²) in [4.78, 5) is 27.5. The van der Waals surface area contributed by atoms with Crippen molar-refractivity contribution in [1.82, 2.24) is 4.57 Å². The Labute approximate surface area is 226 Å². The van der Waals surface area contributed by atoms with Gasteiger partial charge in [0.25, 0.3) is 0 Å². The second-order valence-corrected chi connectivity index (χ2v) is 13.3. The van der Waals surface area contributed by atoms with Gasteiger partial charge in [0.1, 0.15) is 6.54 Å². The average molecular weight is 578 g/mol. The van der Waals surface area contributed by atoms with E-state index in [9.17, 15) is 9.59 Å². The van der Waals surface area contributed by atoms with Gasteiger partial charge in [-0.15, -0.1) is 11.8 Å². The van der Waals surface area contributed by atoms with Gasteiger partial charge in [-0.1, -0.05) is 69.7 Å². The maximum Gasteiger partial charge on any atom is 0.308 e. The zero-order valence-corrected chi connectivity index (χ0v) is 22.7. The molecular formula is C29H25BrN2O2S2. The van der Waals surface area contributed by atoms with Crippen molar-refractivity contribution in [3.63, 3.8) is 0 Å². The maximum absolute atomic E-state index is 13.3. The number of halogens is 1. The number of carbonyl (C=O) groups is 1. The molecular weight excluding hydrogens is 552 g/mol. The number of thiazole rings is 1. The molecule has 1 N–H and O–H groups in total. The van der Waals surface area contributed by atoms with Gasteiger partial charge in [0.2, 0.25) is 5.91 Å². The van der Waals surface area contributed by atoms with Crippen molar-refractivity contribution in [1.29, 1.82) is 0 Å². The Kier molecular flexibility index (Phi) is 5.64. The molecule has 0 saturated heterocycles. The normalized spacial score (nSPS) is 26.1. The van der Waals surface area contributed by atoms with E-state index >= 15 is 0 Å². The number of thioether (sulfide) groups is 1. The lowest BCUT2D eigenvalue weighted by atomic mass is 9.75. The molecule has 1 aliphatic heterocycles. The second-order valence-electron chi connectivity index (χ2n) is 10.3. The second kappa shape index (κ2) is 8.89. The molecule has 36 heavy (non-hydrogen) atoms. The van der Waals surface area contributed by atoms with Gasteiger partial charge in [0.15, 0.2) is 0 Å². The molecule has 5 unspecified atom stereocenters. The summed E-state index contributed by atoms with van der Waals surface area (Å²) in [5, 5.41) is 6.77. The first-order valence-electron chi connectivity index (χ1n) is 12.5. The Morgan fingerprint density at radius 1 is 1.00 bits per heavy atom. The van der Waals surface area contributed by atoms with E-state index in [1.165, 1.54) is 36.2 Å². The highest BCUT2D eigenvalue weighted by atomic mass is 79.9. The molecule has 1 aromatic heterocycles. The zero-order chi connectivity index (χ0) is 24.4. The third kappa shape index (κ3) is 3.78. The minimum absolute atomic E-state index is 0.0319. The summed E-state index contributed by atoms with van der Waals surface area (Å²) in [5.74, 6) is 2.09. The van der Waals surface area contributed by atoms with Crippen molar-refractivity contribution in [2.75, 3.05) is 5.32 Å². The predicted molar refractivity (Wildman–Crippen MR) is 151 cm³/mol. The topological polar surface area (TPSA) is 51.1 Å². The van der Waals surface area contributed by atoms with E-state index in [1.54, 1.807) is 4.57 Å². The Hall–Kier alpha value is -2.35. The number of nitrogens with zero attached hydrogens (tertiary/aromatic N) is 1. The summed E-state index contributed by atoms with van der Waals surface area (Å²) in [6, 6.07) is 22.6. The fraction of sp³-hybridized carbons (Fsp3) is 0.310. The van der Waals surface area contributed by atoms with Crippen LogP contribution < -0.4 is 10.2 Å². The summed E-state index contributed by atoms with van der Waals surface area (Å²) in [6.07, 6.45) is 3.90. The SMILES string of the molecule is O=C(Cn1c2c(sc1=O)C(c1ccc(Br)cc1)C1C3CCC(C3)C1S2)Nc1ccc2ccccc2c1. The Morgan fingerprint density at radius 3 is 2.61 bits per heavy atom. The first-order valence-corrected chi connectivity index (χ1v) is 15.0. The smallest absolute Gasteiger partial charge is 0.308 e. The molecule has 5 atom stereocenters. The summed E-state index contributed by atoms with van der Waals surface area (Å²) >= 11 is 6.79. The molecule has 3 aliphatic rings. The molecule has 7 rings (SSSR count). The summed E-state index contributed by atoms with van der Waals surface area (Å²) in [6.45, 7) is 0.0447. The molecule has 182 valence electrons. The lowest BCUT2D eigenvalue weighted by Crippen LogP contribution is -2.34. The highest BCUT2D eigenvalue weighted by Gasteiger charge is 2.55. The van der Waals surface area contributed by atoms with E-state index in [0.29, 0.717) is 17.1 Å². The number of rotatable bonds is 4. The van der Waals surface area contributed by atoms with Crippen LogP contribution in [0.1, 0.15) is 35.6 Å². The van der Waals surface area contributed by atoms with Gasteiger partial charge in [-0.2, -0.15) is 0 Å². The highest BCUT2D eigenvalue weighted by molar-refractivity contribution is 9.10. The molecule has 4 aromatic rings. The van der Waals surface area contributed by atoms with Crippen molar-refractivity contribution in [3.8, 4) is 0 Å². The van der Waals surface area contributed by atoms with Crippen LogP contribution in [0.2, 0.25) is 0 Å². The molecule has 4 nitrogen and oxygen atoms in total. The first kappa shape index (κ1) is 22.8. The number of hydrogen-bond acceptors (Lipinski definition) is 4. The van der Waals surface area contributed by atoms with Gasteiger partial charge in [-0.25, -0.2) is 0 Å². The van der Waals surface area contributed by atoms with Gasteiger partial charge < -0.3 is 5.32 Å². The minimum atomic E-state index is -0.163. The number of amides is 1. The van der Waals surface area contributed by atoms with E-state index in [1.807, 2.05) is 48.2 Å². The van der Waals surface area contributed by atoms with Gasteiger partial charge in [0, 0.05) is 26.2 Å². The zero-order valence-electron chi connectivity index (χ0n) is 19.5. The van der Waals surface area contributed by atoms with Crippen LogP contribution in [0.3, 0.4) is 0 Å². The predicted octanol–water partition coefficient (Wildman–Crippen LogP) is 7.12. The third-order valence-corrected chi connectivity index (χ3v) is 11.6. The number of aromatic nitrogens is 1. The van der Waals surface area contributed by atoms with E-state index in [2.05, 4.69) is 51.6 Å². The van der Waals surface area contributed by atoms with E-state index in [0.717, 1.165) is 36.8 Å². The van der Waals surface area contributed by atoms with Gasteiger partial charge >= 0.3 is 4.87 Å². The molecule has 2 aliphatic carbocycles. The lowest BCUT2D eigenvalue weighted by Gasteiger charge is -2.40. The third-order valence-electron chi connectivity index (χ3n) is 8.25. The van der Waals surface area contributed by atoms with Crippen LogP contribution in [0.25, 0.3) is 10.8 Å². The maximum atomic E-state index is 13.3. The molecule has 0 spiro atoms. The number of anilines is 1. The van der Waals surface area contributed by atoms with Crippen molar-refractivity contribution in [2.45, 2.75) is 42.0 Å². The molecule has 1 amide bonds. The number of hydrogen-bond donors (Lipinski definition) is 1. The minimum Gasteiger partial charge on any atom is -0.325 e. The summed E-state index contributed by atoms with van der Waals surface area (Å²) in [5.41, 5.74) is 2.04. The van der Waals surface area contributed by atoms with Crippen LogP contribution in [0.15, 0.2) is 81.0 Å². The van der Waals surface area contributed by atoms with Crippen molar-refractivity contribution in [2.24, 2.45) is 17.8 Å². The Morgan fingerprint density at radius 2 is 1.78 bits per heavy atom. The standard InChI is InChI=1S/C29H25BrN2O2S2/c30-21-10-7-17(8-11-21)24-25-19-5-6-20(13-19)26(25)35-28-27(24)36-29(34)32(28)15-23(33)31-22-12-9-16-3-1-2-4-18(16)14-22/h1-4,7-12,14,19-20,24-26H,5-6,13,15H2,(H,31,33). The molecule has 2 fully saturated rings. The van der Waals surface area contributed by atoms with Crippen LogP contribution in [-0.2, 0) is 11.3 Å². The molecule has 3 aromatic carbocycles. The molecule has 7 heteroatoms. The monoisotopic (exact) mass is 576 g/mol. The molecule has 0 radical (unpaired) electrons. The van der Waals surface area contributed by atoms with Gasteiger partial charge in [-0.3, -0.25) is 14.2 Å². The molecule has 2 saturated carbocycles. The van der Waals surface area contributed by atoms with Crippen LogP contribution in [-0.4, -0.2) is 15.7 Å². The van der Waals surface area contributed by atoms with E-state index in [-0.39, 0.29) is 23.2 Å². The first-order chi connectivity index (χ1) is 17.5.